The molecule has 3 rings (SSSR count). The third-order valence-corrected chi connectivity index (χ3v) is 4.49. The lowest BCUT2D eigenvalue weighted by molar-refractivity contribution is -0.575. The van der Waals surface area contributed by atoms with Gasteiger partial charge in [-0.05, 0) is 12.1 Å². The van der Waals surface area contributed by atoms with Crippen LogP contribution < -0.4 is 9.88 Å². The number of aromatic nitrogens is 1. The number of nitrogens with zero attached hydrogens (tertiary/aromatic N) is 2. The van der Waals surface area contributed by atoms with E-state index in [0.717, 1.165) is 0 Å². The minimum atomic E-state index is -0.521. The molecule has 3 aromatic rings. The molecule has 2 N–H and O–H groups in total. The second kappa shape index (κ2) is 8.60. The van der Waals surface area contributed by atoms with Crippen LogP contribution >= 0.6 is 23.8 Å². The van der Waals surface area contributed by atoms with Crippen molar-refractivity contribution < 1.29 is 14.6 Å². The molecule has 0 aliphatic rings. The summed E-state index contributed by atoms with van der Waals surface area (Å²) in [4.78, 5) is 10.8. The van der Waals surface area contributed by atoms with Crippen LogP contribution in [0.4, 0.5) is 11.4 Å². The van der Waals surface area contributed by atoms with E-state index in [1.54, 1.807) is 59.4 Å². The molecule has 1 heterocycles. The zero-order valence-corrected chi connectivity index (χ0v) is 16.0. The van der Waals surface area contributed by atoms with Gasteiger partial charge in [0, 0.05) is 29.8 Å². The molecule has 0 unspecified atom stereocenters. The Morgan fingerprint density at radius 2 is 1.79 bits per heavy atom. The zero-order chi connectivity index (χ0) is 20.1. The summed E-state index contributed by atoms with van der Waals surface area (Å²) >= 11 is 11.7. The van der Waals surface area contributed by atoms with E-state index in [4.69, 9.17) is 23.8 Å². The van der Waals surface area contributed by atoms with Gasteiger partial charge in [0.2, 0.25) is 0 Å². The number of thiocarbonyl (C=S) groups is 1. The number of hydrogen-bond donors (Lipinski definition) is 2. The standard InChI is InChI=1S/C20H14ClN3O3S/c21-16-9-2-3-10-17(16)22-20(28)18(23-11-4-1-5-12-23)19(25)14-7-6-8-15(13-14)24(26)27/h1-13H,(H-,22,25,28)/p+1. The lowest BCUT2D eigenvalue weighted by atomic mass is 10.1. The maximum atomic E-state index is 11.1. The smallest absolute Gasteiger partial charge is 0.288 e. The summed E-state index contributed by atoms with van der Waals surface area (Å²) in [5, 5.41) is 25.5. The number of halogens is 1. The van der Waals surface area contributed by atoms with Crippen molar-refractivity contribution in [2.24, 2.45) is 0 Å². The zero-order valence-electron chi connectivity index (χ0n) is 14.4. The van der Waals surface area contributed by atoms with Crippen molar-refractivity contribution in [2.75, 3.05) is 5.32 Å². The first-order valence-corrected chi connectivity index (χ1v) is 8.96. The Morgan fingerprint density at radius 3 is 2.46 bits per heavy atom. The molecule has 1 aromatic heterocycles. The Bertz CT molecular complexity index is 1070. The number of anilines is 1. The molecule has 0 fully saturated rings. The number of pyridine rings is 1. The molecular formula is C20H15ClN3O3S+. The van der Waals surface area contributed by atoms with E-state index >= 15 is 0 Å². The predicted octanol–water partition coefficient (Wildman–Crippen LogP) is 4.86. The highest BCUT2D eigenvalue weighted by Crippen LogP contribution is 2.25. The fourth-order valence-corrected chi connectivity index (χ4v) is 3.04. The molecule has 0 aliphatic heterocycles. The molecule has 6 nitrogen and oxygen atoms in total. The van der Waals surface area contributed by atoms with Crippen molar-refractivity contribution in [1.82, 2.24) is 0 Å². The highest BCUT2D eigenvalue weighted by atomic mass is 35.5. The van der Waals surface area contributed by atoms with Crippen LogP contribution in [0.1, 0.15) is 5.56 Å². The van der Waals surface area contributed by atoms with Crippen LogP contribution in [0.3, 0.4) is 0 Å². The predicted molar refractivity (Wildman–Crippen MR) is 113 cm³/mol. The van der Waals surface area contributed by atoms with Crippen molar-refractivity contribution in [3.05, 3.63) is 99.8 Å². The lowest BCUT2D eigenvalue weighted by Gasteiger charge is -2.11. The quantitative estimate of drug-likeness (QED) is 0.156. The van der Waals surface area contributed by atoms with Gasteiger partial charge in [-0.2, -0.15) is 4.57 Å². The molecular weight excluding hydrogens is 398 g/mol. The van der Waals surface area contributed by atoms with Gasteiger partial charge in [0.05, 0.1) is 15.6 Å². The van der Waals surface area contributed by atoms with Crippen LogP contribution in [0, 0.1) is 10.1 Å². The van der Waals surface area contributed by atoms with Gasteiger partial charge in [0.1, 0.15) is 0 Å². The Balaban J connectivity index is 2.10. The van der Waals surface area contributed by atoms with Crippen molar-refractivity contribution >= 4 is 51.6 Å². The number of rotatable bonds is 5. The van der Waals surface area contributed by atoms with Crippen molar-refractivity contribution in [2.45, 2.75) is 0 Å². The molecule has 28 heavy (non-hydrogen) atoms. The number of nitro benzene ring substituents is 1. The topological polar surface area (TPSA) is 79.3 Å². The Hall–Kier alpha value is -3.29. The summed E-state index contributed by atoms with van der Waals surface area (Å²) in [6, 6.07) is 18.2. The number of para-hydroxylation sites is 1. The normalized spacial score (nSPS) is 11.5. The Kier molecular flexibility index (Phi) is 5.98. The van der Waals surface area contributed by atoms with Crippen LogP contribution in [-0.4, -0.2) is 15.0 Å². The van der Waals surface area contributed by atoms with Gasteiger partial charge < -0.3 is 10.4 Å². The number of nitrogens with one attached hydrogen (secondary N) is 1. The summed E-state index contributed by atoms with van der Waals surface area (Å²) in [6.07, 6.45) is 3.42. The van der Waals surface area contributed by atoms with Crippen LogP contribution in [0.25, 0.3) is 11.5 Å². The summed E-state index contributed by atoms with van der Waals surface area (Å²) in [5.74, 6) is -0.204. The first-order chi connectivity index (χ1) is 13.5. The molecule has 8 heteroatoms. The van der Waals surface area contributed by atoms with E-state index in [2.05, 4.69) is 5.32 Å². The molecule has 0 saturated carbocycles. The molecule has 140 valence electrons. The molecule has 0 bridgehead atoms. The minimum Gasteiger partial charge on any atom is -0.502 e. The molecule has 0 spiro atoms. The maximum absolute atomic E-state index is 11.1. The van der Waals surface area contributed by atoms with Crippen LogP contribution in [0.15, 0.2) is 79.1 Å². The molecule has 2 aromatic carbocycles. The first kappa shape index (κ1) is 19.5. The van der Waals surface area contributed by atoms with Gasteiger partial charge in [-0.3, -0.25) is 10.1 Å². The third kappa shape index (κ3) is 4.33. The number of benzene rings is 2. The highest BCUT2D eigenvalue weighted by molar-refractivity contribution is 7.81. The second-order valence-electron chi connectivity index (χ2n) is 5.72. The Labute approximate surface area is 171 Å². The van der Waals surface area contributed by atoms with Gasteiger partial charge in [0.15, 0.2) is 23.1 Å². The largest absolute Gasteiger partial charge is 0.502 e. The number of aliphatic hydroxyl groups excluding tert-OH is 1. The summed E-state index contributed by atoms with van der Waals surface area (Å²) in [6.45, 7) is 0. The van der Waals surface area contributed by atoms with Gasteiger partial charge in [-0.1, -0.05) is 54.2 Å². The molecule has 0 atom stereocenters. The third-order valence-electron chi connectivity index (χ3n) is 3.87. The highest BCUT2D eigenvalue weighted by Gasteiger charge is 2.25. The minimum absolute atomic E-state index is 0.133. The van der Waals surface area contributed by atoms with Crippen molar-refractivity contribution in [3.63, 3.8) is 0 Å². The summed E-state index contributed by atoms with van der Waals surface area (Å²) in [7, 11) is 0. The molecule has 0 aliphatic carbocycles. The van der Waals surface area contributed by atoms with Crippen LogP contribution in [0.5, 0.6) is 0 Å². The monoisotopic (exact) mass is 412 g/mol. The van der Waals surface area contributed by atoms with Crippen molar-refractivity contribution in [1.29, 1.82) is 0 Å². The van der Waals surface area contributed by atoms with Gasteiger partial charge in [0.25, 0.3) is 11.4 Å². The average Bonchev–Trinajstić information content (AvgIpc) is 2.71. The Morgan fingerprint density at radius 1 is 1.07 bits per heavy atom. The number of hydrogen-bond acceptors (Lipinski definition) is 4. The molecule has 0 radical (unpaired) electrons. The van der Waals surface area contributed by atoms with Crippen LogP contribution in [0.2, 0.25) is 5.02 Å². The van der Waals surface area contributed by atoms with E-state index < -0.39 is 4.92 Å². The molecule has 0 amide bonds. The van der Waals surface area contributed by atoms with E-state index in [0.29, 0.717) is 10.7 Å². The average molecular weight is 413 g/mol. The summed E-state index contributed by atoms with van der Waals surface area (Å²) < 4.78 is 1.63. The second-order valence-corrected chi connectivity index (χ2v) is 6.54. The molecule has 0 saturated heterocycles. The fraction of sp³-hybridized carbons (Fsp3) is 0. The van der Waals surface area contributed by atoms with E-state index in [1.165, 1.54) is 18.2 Å². The first-order valence-electron chi connectivity index (χ1n) is 8.18. The van der Waals surface area contributed by atoms with Crippen molar-refractivity contribution in [3.8, 4) is 0 Å². The number of aliphatic hydroxyl groups is 1. The maximum Gasteiger partial charge on any atom is 0.288 e. The number of nitro groups is 1. The van der Waals surface area contributed by atoms with Gasteiger partial charge >= 0.3 is 0 Å². The fourth-order valence-electron chi connectivity index (χ4n) is 2.54. The van der Waals surface area contributed by atoms with Gasteiger partial charge in [-0.25, -0.2) is 0 Å². The lowest BCUT2D eigenvalue weighted by Crippen LogP contribution is -2.38. The van der Waals surface area contributed by atoms with E-state index in [1.807, 2.05) is 6.07 Å². The number of non-ortho nitro benzene ring substituents is 1. The summed E-state index contributed by atoms with van der Waals surface area (Å²) in [5.41, 5.74) is 0.973. The van der Waals surface area contributed by atoms with E-state index in [9.17, 15) is 15.2 Å². The van der Waals surface area contributed by atoms with Crippen LogP contribution in [-0.2, 0) is 0 Å². The van der Waals surface area contributed by atoms with E-state index in [-0.39, 0.29) is 27.7 Å². The van der Waals surface area contributed by atoms with Gasteiger partial charge in [-0.15, -0.1) is 0 Å². The SMILES string of the molecule is O=[N+]([O-])c1cccc(C(O)=C(C(=S)Nc2ccccc2Cl)[n+]2ccccc2)c1.